The number of hydrogen-bond acceptors (Lipinski definition) is 4. The zero-order valence-corrected chi connectivity index (χ0v) is 11.3. The van der Waals surface area contributed by atoms with E-state index in [1.165, 1.54) is 31.7 Å². The summed E-state index contributed by atoms with van der Waals surface area (Å²) >= 11 is 0. The molecule has 6 nitrogen and oxygen atoms in total. The van der Waals surface area contributed by atoms with Crippen molar-refractivity contribution < 1.29 is 4.92 Å². The number of fused-ring (bicyclic) bond motifs is 1. The summed E-state index contributed by atoms with van der Waals surface area (Å²) in [6.07, 6.45) is 5.10. The van der Waals surface area contributed by atoms with Crippen LogP contribution in [0.15, 0.2) is 18.2 Å². The first-order valence-corrected chi connectivity index (χ1v) is 7.08. The predicted molar refractivity (Wildman–Crippen MR) is 76.5 cm³/mol. The first-order chi connectivity index (χ1) is 9.72. The number of nitrogens with one attached hydrogen (secondary N) is 1. The van der Waals surface area contributed by atoms with Crippen molar-refractivity contribution in [3.05, 3.63) is 34.1 Å². The molecule has 2 aromatic rings. The zero-order valence-electron chi connectivity index (χ0n) is 11.3. The molecule has 2 heterocycles. The third-order valence-electron chi connectivity index (χ3n) is 3.80. The van der Waals surface area contributed by atoms with Crippen molar-refractivity contribution >= 4 is 16.7 Å². The second-order valence-corrected chi connectivity index (χ2v) is 5.33. The molecule has 0 aliphatic carbocycles. The van der Waals surface area contributed by atoms with Gasteiger partial charge in [0.15, 0.2) is 0 Å². The van der Waals surface area contributed by atoms with E-state index in [0.717, 1.165) is 36.5 Å². The van der Waals surface area contributed by atoms with Gasteiger partial charge in [0.05, 0.1) is 22.5 Å². The van der Waals surface area contributed by atoms with E-state index in [9.17, 15) is 10.1 Å². The summed E-state index contributed by atoms with van der Waals surface area (Å²) < 4.78 is 0. The highest BCUT2D eigenvalue weighted by Gasteiger charge is 2.13. The van der Waals surface area contributed by atoms with Crippen LogP contribution in [-0.2, 0) is 6.54 Å². The Morgan fingerprint density at radius 2 is 2.00 bits per heavy atom. The monoisotopic (exact) mass is 274 g/mol. The molecule has 0 spiro atoms. The fourth-order valence-electron chi connectivity index (χ4n) is 2.74. The first kappa shape index (κ1) is 13.1. The number of hydrogen-bond donors (Lipinski definition) is 1. The van der Waals surface area contributed by atoms with Gasteiger partial charge in [-0.15, -0.1) is 0 Å². The molecule has 0 unspecified atom stereocenters. The molecule has 0 atom stereocenters. The minimum Gasteiger partial charge on any atom is -0.341 e. The minimum absolute atomic E-state index is 0.0995. The van der Waals surface area contributed by atoms with Crippen LogP contribution in [0.25, 0.3) is 11.0 Å². The molecule has 6 heteroatoms. The van der Waals surface area contributed by atoms with E-state index < -0.39 is 0 Å². The largest absolute Gasteiger partial charge is 0.341 e. The first-order valence-electron chi connectivity index (χ1n) is 7.08. The van der Waals surface area contributed by atoms with Gasteiger partial charge in [-0.3, -0.25) is 15.0 Å². The molecule has 1 fully saturated rings. The van der Waals surface area contributed by atoms with Crippen molar-refractivity contribution in [1.82, 2.24) is 14.9 Å². The average molecular weight is 274 g/mol. The van der Waals surface area contributed by atoms with Gasteiger partial charge < -0.3 is 4.98 Å². The van der Waals surface area contributed by atoms with Crippen LogP contribution in [0.1, 0.15) is 31.5 Å². The number of nitrogens with zero attached hydrogens (tertiary/aromatic N) is 3. The molecule has 106 valence electrons. The molecule has 0 amide bonds. The summed E-state index contributed by atoms with van der Waals surface area (Å²) in [6, 6.07) is 4.75. The number of likely N-dealkylation sites (tertiary alicyclic amines) is 1. The van der Waals surface area contributed by atoms with Gasteiger partial charge in [-0.05, 0) is 32.0 Å². The van der Waals surface area contributed by atoms with Crippen LogP contribution >= 0.6 is 0 Å². The molecule has 3 rings (SSSR count). The average Bonchev–Trinajstić information content (AvgIpc) is 2.64. The number of rotatable bonds is 3. The summed E-state index contributed by atoms with van der Waals surface area (Å²) in [7, 11) is 0. The van der Waals surface area contributed by atoms with E-state index in [1.807, 2.05) is 0 Å². The lowest BCUT2D eigenvalue weighted by atomic mass is 10.2. The van der Waals surface area contributed by atoms with Gasteiger partial charge in [0.1, 0.15) is 5.82 Å². The second-order valence-electron chi connectivity index (χ2n) is 5.33. The van der Waals surface area contributed by atoms with E-state index in [4.69, 9.17) is 0 Å². The lowest BCUT2D eigenvalue weighted by Crippen LogP contribution is -2.24. The van der Waals surface area contributed by atoms with Gasteiger partial charge >= 0.3 is 0 Å². The van der Waals surface area contributed by atoms with Crippen LogP contribution in [0.5, 0.6) is 0 Å². The normalized spacial score (nSPS) is 17.2. The Labute approximate surface area is 117 Å². The molecule has 1 N–H and O–H groups in total. The van der Waals surface area contributed by atoms with E-state index in [2.05, 4.69) is 14.9 Å². The van der Waals surface area contributed by atoms with E-state index >= 15 is 0 Å². The maximum Gasteiger partial charge on any atom is 0.271 e. The van der Waals surface area contributed by atoms with Gasteiger partial charge in [-0.2, -0.15) is 0 Å². The lowest BCUT2D eigenvalue weighted by Gasteiger charge is -2.17. The molecular formula is C14H18N4O2. The fraction of sp³-hybridized carbons (Fsp3) is 0.500. The summed E-state index contributed by atoms with van der Waals surface area (Å²) in [6.45, 7) is 3.01. The van der Waals surface area contributed by atoms with Crippen LogP contribution in [0.3, 0.4) is 0 Å². The van der Waals surface area contributed by atoms with E-state index in [-0.39, 0.29) is 10.6 Å². The summed E-state index contributed by atoms with van der Waals surface area (Å²) in [5, 5.41) is 10.8. The standard InChI is InChI=1S/C14H18N4O2/c19-18(20)11-5-6-12-13(9-11)16-14(15-12)10-17-7-3-1-2-4-8-17/h5-6,9H,1-4,7-8,10H2,(H,15,16). The summed E-state index contributed by atoms with van der Waals surface area (Å²) in [4.78, 5) is 20.5. The third-order valence-corrected chi connectivity index (χ3v) is 3.80. The second kappa shape index (κ2) is 5.58. The van der Waals surface area contributed by atoms with Crippen LogP contribution < -0.4 is 0 Å². The Kier molecular flexibility index (Phi) is 3.64. The number of non-ortho nitro benzene ring substituents is 1. The number of H-pyrrole nitrogens is 1. The number of aromatic nitrogens is 2. The van der Waals surface area contributed by atoms with Crippen LogP contribution in [0.2, 0.25) is 0 Å². The zero-order chi connectivity index (χ0) is 13.9. The van der Waals surface area contributed by atoms with Gasteiger partial charge in [-0.1, -0.05) is 12.8 Å². The molecule has 0 saturated carbocycles. The Morgan fingerprint density at radius 3 is 2.70 bits per heavy atom. The Balaban J connectivity index is 1.79. The molecule has 1 saturated heterocycles. The minimum atomic E-state index is -0.380. The number of aromatic amines is 1. The van der Waals surface area contributed by atoms with Crippen LogP contribution in [0, 0.1) is 10.1 Å². The molecule has 0 bridgehead atoms. The van der Waals surface area contributed by atoms with Crippen molar-refractivity contribution in [2.24, 2.45) is 0 Å². The SMILES string of the molecule is O=[N+]([O-])c1ccc2nc(CN3CCCCCC3)[nH]c2c1. The molecule has 1 aromatic heterocycles. The Bertz CT molecular complexity index is 615. The highest BCUT2D eigenvalue weighted by molar-refractivity contribution is 5.77. The molecule has 1 aliphatic heterocycles. The Hall–Kier alpha value is -1.95. The van der Waals surface area contributed by atoms with E-state index in [1.54, 1.807) is 12.1 Å². The third kappa shape index (κ3) is 2.80. The number of benzene rings is 1. The topological polar surface area (TPSA) is 75.1 Å². The lowest BCUT2D eigenvalue weighted by molar-refractivity contribution is -0.384. The highest BCUT2D eigenvalue weighted by atomic mass is 16.6. The molecule has 1 aliphatic rings. The van der Waals surface area contributed by atoms with Crippen molar-refractivity contribution in [2.45, 2.75) is 32.2 Å². The maximum atomic E-state index is 10.8. The molecule has 0 radical (unpaired) electrons. The summed E-state index contributed by atoms with van der Waals surface area (Å²) in [5.41, 5.74) is 1.63. The number of nitro benzene ring substituents is 1. The number of nitro groups is 1. The fourth-order valence-corrected chi connectivity index (χ4v) is 2.74. The summed E-state index contributed by atoms with van der Waals surface area (Å²) in [5.74, 6) is 0.891. The van der Waals surface area contributed by atoms with Crippen molar-refractivity contribution in [3.8, 4) is 0 Å². The van der Waals surface area contributed by atoms with Crippen molar-refractivity contribution in [3.63, 3.8) is 0 Å². The molecular weight excluding hydrogens is 256 g/mol. The smallest absolute Gasteiger partial charge is 0.271 e. The van der Waals surface area contributed by atoms with Gasteiger partial charge in [0, 0.05) is 12.1 Å². The van der Waals surface area contributed by atoms with Gasteiger partial charge in [-0.25, -0.2) is 4.98 Å². The van der Waals surface area contributed by atoms with Crippen molar-refractivity contribution in [2.75, 3.05) is 13.1 Å². The molecule has 1 aromatic carbocycles. The number of imidazole rings is 1. The van der Waals surface area contributed by atoms with Gasteiger partial charge in [0.25, 0.3) is 5.69 Å². The quantitative estimate of drug-likeness (QED) is 0.689. The predicted octanol–water partition coefficient (Wildman–Crippen LogP) is 2.85. The Morgan fingerprint density at radius 1 is 1.25 bits per heavy atom. The molecule has 20 heavy (non-hydrogen) atoms. The van der Waals surface area contributed by atoms with E-state index in [0.29, 0.717) is 0 Å². The van der Waals surface area contributed by atoms with Crippen LogP contribution in [-0.4, -0.2) is 32.9 Å². The van der Waals surface area contributed by atoms with Crippen LogP contribution in [0.4, 0.5) is 5.69 Å². The van der Waals surface area contributed by atoms with Crippen molar-refractivity contribution in [1.29, 1.82) is 0 Å². The maximum absolute atomic E-state index is 10.8. The highest BCUT2D eigenvalue weighted by Crippen LogP contribution is 2.20. The van der Waals surface area contributed by atoms with Gasteiger partial charge in [0.2, 0.25) is 0 Å².